The summed E-state index contributed by atoms with van der Waals surface area (Å²) in [6.45, 7) is 0.562. The lowest BCUT2D eigenvalue weighted by molar-refractivity contribution is -0.206. The number of ether oxygens (including phenoxy) is 1. The van der Waals surface area contributed by atoms with E-state index in [1.165, 1.54) is 10.8 Å². The Labute approximate surface area is 123 Å². The molecule has 0 unspecified atom stereocenters. The number of aliphatic hydroxyl groups is 3. The molecule has 21 heavy (non-hydrogen) atoms. The minimum absolute atomic E-state index is 0.220. The van der Waals surface area contributed by atoms with Crippen molar-refractivity contribution in [2.24, 2.45) is 0 Å². The molecule has 9 heteroatoms. The number of aryl methyl sites for hydroxylation is 1. The van der Waals surface area contributed by atoms with Gasteiger partial charge in [0, 0.05) is 6.20 Å². The number of fused-ring (bicyclic) bond motifs is 1. The summed E-state index contributed by atoms with van der Waals surface area (Å²) in [5, 5.41) is 29.4. The topological polar surface area (TPSA) is 101 Å². The molecule has 114 valence electrons. The van der Waals surface area contributed by atoms with Gasteiger partial charge in [0.2, 0.25) is 0 Å². The highest BCUT2D eigenvalue weighted by molar-refractivity contribution is 6.33. The third-order valence-electron chi connectivity index (χ3n) is 3.50. The summed E-state index contributed by atoms with van der Waals surface area (Å²) in [4.78, 5) is 8.18. The van der Waals surface area contributed by atoms with Crippen LogP contribution in [0, 0.1) is 6.92 Å². The van der Waals surface area contributed by atoms with Crippen molar-refractivity contribution >= 4 is 22.6 Å². The molecule has 0 saturated carbocycles. The first-order valence-electron chi connectivity index (χ1n) is 6.22. The number of hydrogen-bond donors (Lipinski definition) is 3. The van der Waals surface area contributed by atoms with Crippen molar-refractivity contribution in [1.29, 1.82) is 0 Å². The molecule has 0 aliphatic carbocycles. The fourth-order valence-corrected chi connectivity index (χ4v) is 2.68. The van der Waals surface area contributed by atoms with Gasteiger partial charge in [0.1, 0.15) is 35.4 Å². The SMILES string of the molecule is Cc1nc(Cl)c2ccn([C@@H]3O[C@](F)(CO)[C@@H](O)[C@H]3O)c2n1. The van der Waals surface area contributed by atoms with Gasteiger partial charge in [0.05, 0.1) is 5.39 Å². The normalized spacial score (nSPS) is 33.0. The lowest BCUT2D eigenvalue weighted by Gasteiger charge is -2.20. The van der Waals surface area contributed by atoms with Gasteiger partial charge in [-0.3, -0.25) is 0 Å². The van der Waals surface area contributed by atoms with E-state index in [4.69, 9.17) is 21.4 Å². The molecule has 1 aliphatic rings. The Bertz CT molecular complexity index is 696. The fraction of sp³-hybridized carbons (Fsp3) is 0.500. The van der Waals surface area contributed by atoms with Gasteiger partial charge in [-0.1, -0.05) is 11.6 Å². The largest absolute Gasteiger partial charge is 0.390 e. The molecule has 3 N–H and O–H groups in total. The van der Waals surface area contributed by atoms with Crippen molar-refractivity contribution in [2.75, 3.05) is 6.61 Å². The first-order chi connectivity index (χ1) is 9.87. The zero-order valence-electron chi connectivity index (χ0n) is 10.9. The molecule has 3 rings (SSSR count). The summed E-state index contributed by atoms with van der Waals surface area (Å²) >= 11 is 6.00. The molecule has 0 spiro atoms. The maximum Gasteiger partial charge on any atom is 0.263 e. The highest BCUT2D eigenvalue weighted by atomic mass is 35.5. The third-order valence-corrected chi connectivity index (χ3v) is 3.79. The van der Waals surface area contributed by atoms with Crippen molar-refractivity contribution in [3.63, 3.8) is 0 Å². The van der Waals surface area contributed by atoms with Gasteiger partial charge >= 0.3 is 0 Å². The molecule has 7 nitrogen and oxygen atoms in total. The van der Waals surface area contributed by atoms with Crippen LogP contribution in [0.4, 0.5) is 4.39 Å². The van der Waals surface area contributed by atoms with E-state index in [9.17, 15) is 14.6 Å². The Kier molecular flexibility index (Phi) is 3.38. The predicted octanol–water partition coefficient (Wildman–Crippen LogP) is 0.302. The number of nitrogens with zero attached hydrogens (tertiary/aromatic N) is 3. The van der Waals surface area contributed by atoms with Gasteiger partial charge in [-0.2, -0.15) is 0 Å². The Hall–Kier alpha value is -1.32. The van der Waals surface area contributed by atoms with Crippen LogP contribution in [0.25, 0.3) is 11.0 Å². The second-order valence-electron chi connectivity index (χ2n) is 4.91. The Morgan fingerprint density at radius 2 is 2.19 bits per heavy atom. The van der Waals surface area contributed by atoms with Crippen molar-refractivity contribution in [1.82, 2.24) is 14.5 Å². The third kappa shape index (κ3) is 2.11. The second-order valence-corrected chi connectivity index (χ2v) is 5.27. The first-order valence-corrected chi connectivity index (χ1v) is 6.59. The molecule has 2 aromatic rings. The number of alkyl halides is 1. The Morgan fingerprint density at radius 3 is 2.81 bits per heavy atom. The van der Waals surface area contributed by atoms with Crippen LogP contribution in [0.3, 0.4) is 0 Å². The van der Waals surface area contributed by atoms with E-state index >= 15 is 0 Å². The maximum absolute atomic E-state index is 14.1. The number of aliphatic hydroxyl groups excluding tert-OH is 3. The molecule has 1 aliphatic heterocycles. The fourth-order valence-electron chi connectivity index (χ4n) is 2.41. The number of aromatic nitrogens is 3. The molecular formula is C12H13ClFN3O4. The minimum atomic E-state index is -2.73. The zero-order valence-corrected chi connectivity index (χ0v) is 11.7. The van der Waals surface area contributed by atoms with Gasteiger partial charge in [0.15, 0.2) is 6.23 Å². The maximum atomic E-state index is 14.1. The first kappa shape index (κ1) is 14.6. The summed E-state index contributed by atoms with van der Waals surface area (Å²) in [7, 11) is 0. The van der Waals surface area contributed by atoms with Crippen molar-refractivity contribution in [2.45, 2.75) is 31.2 Å². The molecule has 1 fully saturated rings. The van der Waals surface area contributed by atoms with Gasteiger partial charge in [-0.05, 0) is 13.0 Å². The monoisotopic (exact) mass is 317 g/mol. The van der Waals surface area contributed by atoms with E-state index in [-0.39, 0.29) is 5.15 Å². The van der Waals surface area contributed by atoms with Gasteiger partial charge in [-0.15, -0.1) is 0 Å². The molecule has 1 saturated heterocycles. The summed E-state index contributed by atoms with van der Waals surface area (Å²) in [6.07, 6.45) is -3.18. The van der Waals surface area contributed by atoms with Crippen LogP contribution in [-0.2, 0) is 4.74 Å². The van der Waals surface area contributed by atoms with Crippen LogP contribution >= 0.6 is 11.6 Å². The summed E-state index contributed by atoms with van der Waals surface area (Å²) in [5.74, 6) is -2.33. The van der Waals surface area contributed by atoms with E-state index in [1.807, 2.05) is 0 Å². The molecular weight excluding hydrogens is 305 g/mol. The lowest BCUT2D eigenvalue weighted by atomic mass is 10.1. The Morgan fingerprint density at radius 1 is 1.48 bits per heavy atom. The quantitative estimate of drug-likeness (QED) is 0.689. The van der Waals surface area contributed by atoms with Crippen molar-refractivity contribution < 1.29 is 24.4 Å². The number of halogens is 2. The summed E-state index contributed by atoms with van der Waals surface area (Å²) in [5.41, 5.74) is 0.339. The molecule has 0 radical (unpaired) electrons. The minimum Gasteiger partial charge on any atom is -0.390 e. The van der Waals surface area contributed by atoms with Crippen LogP contribution in [0.15, 0.2) is 12.3 Å². The van der Waals surface area contributed by atoms with Crippen LogP contribution in [-0.4, -0.2) is 54.5 Å². The van der Waals surface area contributed by atoms with E-state index < -0.39 is 30.9 Å². The van der Waals surface area contributed by atoms with Crippen LogP contribution in [0.1, 0.15) is 12.1 Å². The molecule has 0 bridgehead atoms. The zero-order chi connectivity index (χ0) is 15.4. The molecule has 0 aromatic carbocycles. The number of hydrogen-bond acceptors (Lipinski definition) is 6. The average molecular weight is 318 g/mol. The summed E-state index contributed by atoms with van der Waals surface area (Å²) in [6, 6.07) is 1.59. The van der Waals surface area contributed by atoms with E-state index in [1.54, 1.807) is 13.0 Å². The molecule has 2 aromatic heterocycles. The molecule has 4 atom stereocenters. The highest BCUT2D eigenvalue weighted by Crippen LogP contribution is 2.39. The van der Waals surface area contributed by atoms with E-state index in [0.717, 1.165) is 0 Å². The van der Waals surface area contributed by atoms with Gasteiger partial charge in [-0.25, -0.2) is 14.4 Å². The Balaban J connectivity index is 2.10. The standard InChI is InChI=1S/C12H13ClFN3O4/c1-5-15-9(13)6-2-3-17(10(6)16-5)11-7(19)8(20)12(14,4-18)21-11/h2-3,7-8,11,18-20H,4H2,1H3/t7-,8+,11-,12-/m1/s1. The predicted molar refractivity (Wildman–Crippen MR) is 70.3 cm³/mol. The molecule has 3 heterocycles. The second kappa shape index (κ2) is 4.85. The highest BCUT2D eigenvalue weighted by Gasteiger charge is 2.55. The average Bonchev–Trinajstić information content (AvgIpc) is 2.95. The smallest absolute Gasteiger partial charge is 0.263 e. The lowest BCUT2D eigenvalue weighted by Crippen LogP contribution is -2.42. The molecule has 0 amide bonds. The van der Waals surface area contributed by atoms with Crippen LogP contribution in [0.5, 0.6) is 0 Å². The van der Waals surface area contributed by atoms with Gasteiger partial charge < -0.3 is 24.6 Å². The van der Waals surface area contributed by atoms with E-state index in [2.05, 4.69) is 9.97 Å². The van der Waals surface area contributed by atoms with Crippen molar-refractivity contribution in [3.05, 3.63) is 23.2 Å². The van der Waals surface area contributed by atoms with Crippen molar-refractivity contribution in [3.8, 4) is 0 Å². The van der Waals surface area contributed by atoms with E-state index in [0.29, 0.717) is 16.9 Å². The van der Waals surface area contributed by atoms with Crippen LogP contribution < -0.4 is 0 Å². The summed E-state index contributed by atoms with van der Waals surface area (Å²) < 4.78 is 20.5. The van der Waals surface area contributed by atoms with Crippen LogP contribution in [0.2, 0.25) is 5.15 Å². The van der Waals surface area contributed by atoms with Gasteiger partial charge in [0.25, 0.3) is 5.85 Å². The number of rotatable bonds is 2.